The predicted molar refractivity (Wildman–Crippen MR) is 40.7 cm³/mol. The van der Waals surface area contributed by atoms with E-state index in [9.17, 15) is 0 Å². The third kappa shape index (κ3) is 1.39. The molecule has 2 N–H and O–H groups in total. The lowest BCUT2D eigenvalue weighted by molar-refractivity contribution is 0.449. The number of rotatable bonds is 2. The topological polar surface area (TPSA) is 39.2 Å². The molecule has 0 aromatic carbocycles. The van der Waals surface area contributed by atoms with Crippen LogP contribution in [-0.4, -0.2) is 0 Å². The molecule has 56 valence electrons. The van der Waals surface area contributed by atoms with Crippen molar-refractivity contribution in [2.75, 3.05) is 0 Å². The van der Waals surface area contributed by atoms with Gasteiger partial charge in [0, 0.05) is 5.92 Å². The monoisotopic (exact) mass is 139 g/mol. The van der Waals surface area contributed by atoms with Crippen LogP contribution in [0.5, 0.6) is 0 Å². The summed E-state index contributed by atoms with van der Waals surface area (Å²) in [5.41, 5.74) is 5.37. The van der Waals surface area contributed by atoms with Crippen LogP contribution >= 0.6 is 0 Å². The Balaban J connectivity index is 2.78. The first-order chi connectivity index (χ1) is 4.74. The third-order valence-corrected chi connectivity index (χ3v) is 1.45. The fourth-order valence-corrected chi connectivity index (χ4v) is 0.815. The zero-order valence-corrected chi connectivity index (χ0v) is 6.42. The van der Waals surface area contributed by atoms with Crippen LogP contribution in [0.4, 0.5) is 0 Å². The number of furan rings is 1. The highest BCUT2D eigenvalue weighted by atomic mass is 16.3. The van der Waals surface area contributed by atoms with E-state index in [1.807, 2.05) is 12.1 Å². The molecule has 0 radical (unpaired) electrons. The van der Waals surface area contributed by atoms with Gasteiger partial charge in [-0.25, -0.2) is 0 Å². The van der Waals surface area contributed by atoms with Gasteiger partial charge in [-0.15, -0.1) is 0 Å². The summed E-state index contributed by atoms with van der Waals surface area (Å²) in [6.45, 7) is 4.69. The molecule has 10 heavy (non-hydrogen) atoms. The van der Waals surface area contributed by atoms with Gasteiger partial charge < -0.3 is 10.2 Å². The Morgan fingerprint density at radius 1 is 1.50 bits per heavy atom. The van der Waals surface area contributed by atoms with Gasteiger partial charge in [0.15, 0.2) is 0 Å². The van der Waals surface area contributed by atoms with E-state index in [2.05, 4.69) is 13.8 Å². The Bertz CT molecular complexity index is 203. The Morgan fingerprint density at radius 2 is 2.20 bits per heavy atom. The highest BCUT2D eigenvalue weighted by Crippen LogP contribution is 2.16. The number of hydrogen-bond donors (Lipinski definition) is 1. The summed E-state index contributed by atoms with van der Waals surface area (Å²) in [4.78, 5) is 0. The van der Waals surface area contributed by atoms with E-state index in [0.717, 1.165) is 11.5 Å². The average molecular weight is 139 g/mol. The van der Waals surface area contributed by atoms with Crippen LogP contribution in [0, 0.1) is 0 Å². The van der Waals surface area contributed by atoms with E-state index in [1.54, 1.807) is 0 Å². The van der Waals surface area contributed by atoms with Gasteiger partial charge in [-0.3, -0.25) is 0 Å². The Morgan fingerprint density at radius 3 is 2.50 bits per heavy atom. The fourth-order valence-electron chi connectivity index (χ4n) is 0.815. The molecule has 0 amide bonds. The molecule has 0 saturated heterocycles. The first kappa shape index (κ1) is 7.35. The van der Waals surface area contributed by atoms with E-state index >= 15 is 0 Å². The molecule has 0 fully saturated rings. The molecular formula is C8H13NO. The average Bonchev–Trinajstić information content (AvgIpc) is 2.34. The van der Waals surface area contributed by atoms with Gasteiger partial charge in [-0.05, 0) is 12.1 Å². The summed E-state index contributed by atoms with van der Waals surface area (Å²) in [5.74, 6) is 2.34. The van der Waals surface area contributed by atoms with Crippen molar-refractivity contribution in [1.82, 2.24) is 0 Å². The summed E-state index contributed by atoms with van der Waals surface area (Å²) >= 11 is 0. The lowest BCUT2D eigenvalue weighted by Gasteiger charge is -1.97. The van der Waals surface area contributed by atoms with Crippen LogP contribution in [0.3, 0.4) is 0 Å². The SMILES string of the molecule is CC(C)c1ccc(CN)o1. The molecule has 0 aliphatic rings. The van der Waals surface area contributed by atoms with E-state index < -0.39 is 0 Å². The lowest BCUT2D eigenvalue weighted by atomic mass is 10.2. The molecule has 0 saturated carbocycles. The maximum atomic E-state index is 5.37. The predicted octanol–water partition coefficient (Wildman–Crippen LogP) is 1.86. The summed E-state index contributed by atoms with van der Waals surface area (Å²) in [6, 6.07) is 3.90. The van der Waals surface area contributed by atoms with E-state index in [1.165, 1.54) is 0 Å². The molecule has 1 heterocycles. The Hall–Kier alpha value is -0.760. The Labute approximate surface area is 61.0 Å². The highest BCUT2D eigenvalue weighted by Gasteiger charge is 2.03. The van der Waals surface area contributed by atoms with Crippen molar-refractivity contribution < 1.29 is 4.42 Å². The number of hydrogen-bond acceptors (Lipinski definition) is 2. The molecule has 0 aliphatic carbocycles. The van der Waals surface area contributed by atoms with Crippen LogP contribution in [0.25, 0.3) is 0 Å². The minimum atomic E-state index is 0.459. The van der Waals surface area contributed by atoms with Crippen LogP contribution in [-0.2, 0) is 6.54 Å². The Kier molecular flexibility index (Phi) is 2.12. The van der Waals surface area contributed by atoms with Gasteiger partial charge in [0.25, 0.3) is 0 Å². The molecule has 1 aromatic rings. The zero-order chi connectivity index (χ0) is 7.56. The van der Waals surface area contributed by atoms with Crippen LogP contribution in [0.1, 0.15) is 31.3 Å². The number of nitrogens with two attached hydrogens (primary N) is 1. The summed E-state index contributed by atoms with van der Waals surface area (Å²) in [5, 5.41) is 0. The molecule has 1 aromatic heterocycles. The van der Waals surface area contributed by atoms with Gasteiger partial charge in [0.05, 0.1) is 6.54 Å². The van der Waals surface area contributed by atoms with Crippen molar-refractivity contribution in [1.29, 1.82) is 0 Å². The molecule has 0 aliphatic heterocycles. The van der Waals surface area contributed by atoms with E-state index in [-0.39, 0.29) is 0 Å². The smallest absolute Gasteiger partial charge is 0.117 e. The van der Waals surface area contributed by atoms with E-state index in [0.29, 0.717) is 12.5 Å². The molecule has 0 spiro atoms. The molecule has 2 heteroatoms. The standard InChI is InChI=1S/C8H13NO/c1-6(2)8-4-3-7(5-9)10-8/h3-4,6H,5,9H2,1-2H3. The molecule has 2 nitrogen and oxygen atoms in total. The van der Waals surface area contributed by atoms with Crippen LogP contribution in [0.15, 0.2) is 16.5 Å². The second-order valence-corrected chi connectivity index (χ2v) is 2.66. The second kappa shape index (κ2) is 2.88. The minimum Gasteiger partial charge on any atom is -0.464 e. The summed E-state index contributed by atoms with van der Waals surface area (Å²) in [6.07, 6.45) is 0. The van der Waals surface area contributed by atoms with Crippen LogP contribution in [0.2, 0.25) is 0 Å². The largest absolute Gasteiger partial charge is 0.464 e. The summed E-state index contributed by atoms with van der Waals surface area (Å²) in [7, 11) is 0. The van der Waals surface area contributed by atoms with Crippen LogP contribution < -0.4 is 5.73 Å². The molecular weight excluding hydrogens is 126 g/mol. The first-order valence-electron chi connectivity index (χ1n) is 3.52. The fraction of sp³-hybridized carbons (Fsp3) is 0.500. The van der Waals surface area contributed by atoms with Gasteiger partial charge in [0.1, 0.15) is 11.5 Å². The maximum absolute atomic E-state index is 5.37. The zero-order valence-electron chi connectivity index (χ0n) is 6.42. The van der Waals surface area contributed by atoms with Crippen molar-refractivity contribution in [2.45, 2.75) is 26.3 Å². The molecule has 1 rings (SSSR count). The van der Waals surface area contributed by atoms with E-state index in [4.69, 9.17) is 10.2 Å². The molecule has 0 unspecified atom stereocenters. The molecule has 0 bridgehead atoms. The van der Waals surface area contributed by atoms with Crippen molar-refractivity contribution in [2.24, 2.45) is 5.73 Å². The minimum absolute atomic E-state index is 0.459. The summed E-state index contributed by atoms with van der Waals surface area (Å²) < 4.78 is 5.37. The van der Waals surface area contributed by atoms with Crippen molar-refractivity contribution in [3.63, 3.8) is 0 Å². The lowest BCUT2D eigenvalue weighted by Crippen LogP contribution is -1.93. The van der Waals surface area contributed by atoms with Crippen molar-refractivity contribution in [3.05, 3.63) is 23.7 Å². The highest BCUT2D eigenvalue weighted by molar-refractivity contribution is 5.09. The van der Waals surface area contributed by atoms with Gasteiger partial charge in [0.2, 0.25) is 0 Å². The third-order valence-electron chi connectivity index (χ3n) is 1.45. The van der Waals surface area contributed by atoms with Gasteiger partial charge >= 0.3 is 0 Å². The first-order valence-corrected chi connectivity index (χ1v) is 3.52. The molecule has 0 atom stereocenters. The van der Waals surface area contributed by atoms with Gasteiger partial charge in [-0.1, -0.05) is 13.8 Å². The maximum Gasteiger partial charge on any atom is 0.117 e. The second-order valence-electron chi connectivity index (χ2n) is 2.66. The quantitative estimate of drug-likeness (QED) is 0.679. The van der Waals surface area contributed by atoms with Gasteiger partial charge in [-0.2, -0.15) is 0 Å². The van der Waals surface area contributed by atoms with Crippen molar-refractivity contribution in [3.8, 4) is 0 Å². The van der Waals surface area contributed by atoms with Crippen molar-refractivity contribution >= 4 is 0 Å². The normalized spacial score (nSPS) is 10.8.